The van der Waals surface area contributed by atoms with Crippen LogP contribution in [0.5, 0.6) is 5.75 Å². The minimum Gasteiger partial charge on any atom is -0.508 e. The second kappa shape index (κ2) is 5.36. The third-order valence-corrected chi connectivity index (χ3v) is 3.74. The second-order valence-electron chi connectivity index (χ2n) is 4.71. The van der Waals surface area contributed by atoms with Crippen LogP contribution in [0.1, 0.15) is 23.7 Å². The average Bonchev–Trinajstić information content (AvgIpc) is 2.70. The Labute approximate surface area is 116 Å². The van der Waals surface area contributed by atoms with Crippen LogP contribution >= 0.6 is 11.6 Å². The van der Waals surface area contributed by atoms with Gasteiger partial charge in [-0.2, -0.15) is 0 Å². The highest BCUT2D eigenvalue weighted by Gasteiger charge is 2.39. The van der Waals surface area contributed by atoms with Gasteiger partial charge in [0.25, 0.3) is 5.91 Å². The Morgan fingerprint density at radius 2 is 2.37 bits per heavy atom. The molecule has 3 N–H and O–H groups in total. The number of phenolic OH excluding ortho intramolecular Hbond substituents is 1. The van der Waals surface area contributed by atoms with Gasteiger partial charge in [-0.1, -0.05) is 11.6 Å². The van der Waals surface area contributed by atoms with E-state index < -0.39 is 11.5 Å². The van der Waals surface area contributed by atoms with Crippen LogP contribution in [0, 0.1) is 0 Å². The molecule has 5 nitrogen and oxygen atoms in total. The first-order valence-electron chi connectivity index (χ1n) is 6.03. The molecule has 0 radical (unpaired) electrons. The van der Waals surface area contributed by atoms with Gasteiger partial charge in [0.05, 0.1) is 16.7 Å². The van der Waals surface area contributed by atoms with Crippen molar-refractivity contribution in [3.8, 4) is 5.75 Å². The van der Waals surface area contributed by atoms with Gasteiger partial charge in [-0.15, -0.1) is 0 Å². The highest BCUT2D eigenvalue weighted by Crippen LogP contribution is 2.25. The van der Waals surface area contributed by atoms with Gasteiger partial charge in [0.1, 0.15) is 11.4 Å². The molecular weight excluding hydrogens is 270 g/mol. The number of benzene rings is 1. The molecule has 1 aliphatic rings. The van der Waals surface area contributed by atoms with E-state index in [0.29, 0.717) is 13.0 Å². The van der Waals surface area contributed by atoms with E-state index in [2.05, 4.69) is 5.32 Å². The third-order valence-electron chi connectivity index (χ3n) is 3.41. The van der Waals surface area contributed by atoms with Gasteiger partial charge in [-0.3, -0.25) is 4.79 Å². The van der Waals surface area contributed by atoms with Crippen LogP contribution in [0.15, 0.2) is 18.2 Å². The van der Waals surface area contributed by atoms with E-state index in [9.17, 15) is 15.0 Å². The predicted octanol–water partition coefficient (Wildman–Crippen LogP) is 1.32. The number of hydrogen-bond donors (Lipinski definition) is 3. The number of ether oxygens (including phenoxy) is 1. The standard InChI is InChI=1S/C13H16ClNO4/c1-8-13(18,4-5-19-8)7-15-12(17)10-6-9(16)2-3-11(10)14/h2-3,6,8,16,18H,4-5,7H2,1H3,(H,15,17). The molecular formula is C13H16ClNO4. The molecule has 1 aliphatic heterocycles. The fourth-order valence-electron chi connectivity index (χ4n) is 2.02. The first-order valence-corrected chi connectivity index (χ1v) is 6.41. The van der Waals surface area contributed by atoms with Crippen molar-refractivity contribution in [3.05, 3.63) is 28.8 Å². The SMILES string of the molecule is CC1OCCC1(O)CNC(=O)c1cc(O)ccc1Cl. The van der Waals surface area contributed by atoms with Crippen molar-refractivity contribution in [1.82, 2.24) is 5.32 Å². The average molecular weight is 286 g/mol. The zero-order valence-electron chi connectivity index (χ0n) is 10.5. The van der Waals surface area contributed by atoms with Crippen LogP contribution < -0.4 is 5.32 Å². The first kappa shape index (κ1) is 14.1. The summed E-state index contributed by atoms with van der Waals surface area (Å²) in [7, 11) is 0. The quantitative estimate of drug-likeness (QED) is 0.782. The molecule has 0 aliphatic carbocycles. The van der Waals surface area contributed by atoms with Crippen LogP contribution in [0.25, 0.3) is 0 Å². The van der Waals surface area contributed by atoms with Crippen LogP contribution in [0.2, 0.25) is 5.02 Å². The minimum atomic E-state index is -1.06. The molecule has 0 bridgehead atoms. The number of aromatic hydroxyl groups is 1. The Hall–Kier alpha value is -1.30. The number of phenols is 1. The van der Waals surface area contributed by atoms with Gasteiger partial charge < -0.3 is 20.3 Å². The lowest BCUT2D eigenvalue weighted by Crippen LogP contribution is -2.47. The van der Waals surface area contributed by atoms with E-state index in [1.807, 2.05) is 0 Å². The molecule has 0 saturated carbocycles. The molecule has 0 aromatic heterocycles. The summed E-state index contributed by atoms with van der Waals surface area (Å²) >= 11 is 5.89. The Balaban J connectivity index is 2.03. The maximum absolute atomic E-state index is 12.0. The Kier molecular flexibility index (Phi) is 3.99. The van der Waals surface area contributed by atoms with Crippen LogP contribution in [0.4, 0.5) is 0 Å². The van der Waals surface area contributed by atoms with Gasteiger partial charge in [0.15, 0.2) is 0 Å². The Bertz CT molecular complexity index is 494. The molecule has 1 aromatic carbocycles. The van der Waals surface area contributed by atoms with Gasteiger partial charge in [-0.25, -0.2) is 0 Å². The van der Waals surface area contributed by atoms with Crippen LogP contribution in [0.3, 0.4) is 0 Å². The van der Waals surface area contributed by atoms with Crippen molar-refractivity contribution in [3.63, 3.8) is 0 Å². The molecule has 1 heterocycles. The van der Waals surface area contributed by atoms with Crippen molar-refractivity contribution in [2.75, 3.05) is 13.2 Å². The summed E-state index contributed by atoms with van der Waals surface area (Å²) in [6, 6.07) is 4.14. The van der Waals surface area contributed by atoms with Crippen molar-refractivity contribution < 1.29 is 19.7 Å². The summed E-state index contributed by atoms with van der Waals surface area (Å²) in [5.74, 6) is -0.473. The van der Waals surface area contributed by atoms with Crippen molar-refractivity contribution in [2.24, 2.45) is 0 Å². The Morgan fingerprint density at radius 1 is 1.63 bits per heavy atom. The van der Waals surface area contributed by atoms with Crippen molar-refractivity contribution >= 4 is 17.5 Å². The number of amides is 1. The smallest absolute Gasteiger partial charge is 0.253 e. The number of nitrogens with one attached hydrogen (secondary N) is 1. The largest absolute Gasteiger partial charge is 0.508 e. The lowest BCUT2D eigenvalue weighted by molar-refractivity contribution is -0.0251. The van der Waals surface area contributed by atoms with Crippen LogP contribution in [-0.2, 0) is 4.74 Å². The van der Waals surface area contributed by atoms with Gasteiger partial charge in [0, 0.05) is 19.6 Å². The number of carbonyl (C=O) groups excluding carboxylic acids is 1. The number of rotatable bonds is 3. The molecule has 104 valence electrons. The first-order chi connectivity index (χ1) is 8.92. The summed E-state index contributed by atoms with van der Waals surface area (Å²) in [5.41, 5.74) is -0.879. The maximum atomic E-state index is 12.0. The molecule has 2 unspecified atom stereocenters. The summed E-state index contributed by atoms with van der Waals surface area (Å²) in [6.07, 6.45) is 0.148. The van der Waals surface area contributed by atoms with Gasteiger partial charge >= 0.3 is 0 Å². The number of aliphatic hydroxyl groups is 1. The topological polar surface area (TPSA) is 78.8 Å². The molecule has 2 atom stereocenters. The van der Waals surface area contributed by atoms with Crippen LogP contribution in [-0.4, -0.2) is 41.0 Å². The van der Waals surface area contributed by atoms with Crippen molar-refractivity contribution in [2.45, 2.75) is 25.0 Å². The number of carbonyl (C=O) groups is 1. The molecule has 0 spiro atoms. The maximum Gasteiger partial charge on any atom is 0.253 e. The van der Waals surface area contributed by atoms with E-state index in [0.717, 1.165) is 0 Å². The monoisotopic (exact) mass is 285 g/mol. The molecule has 1 fully saturated rings. The fraction of sp³-hybridized carbons (Fsp3) is 0.462. The highest BCUT2D eigenvalue weighted by molar-refractivity contribution is 6.33. The zero-order chi connectivity index (χ0) is 14.0. The van der Waals surface area contributed by atoms with Gasteiger partial charge in [0.2, 0.25) is 0 Å². The fourth-order valence-corrected chi connectivity index (χ4v) is 2.22. The summed E-state index contributed by atoms with van der Waals surface area (Å²) in [6.45, 7) is 2.32. The van der Waals surface area contributed by atoms with E-state index in [4.69, 9.17) is 16.3 Å². The van der Waals surface area contributed by atoms with E-state index in [1.165, 1.54) is 18.2 Å². The highest BCUT2D eigenvalue weighted by atomic mass is 35.5. The lowest BCUT2D eigenvalue weighted by Gasteiger charge is -2.26. The zero-order valence-corrected chi connectivity index (χ0v) is 11.3. The molecule has 6 heteroatoms. The van der Waals surface area contributed by atoms with Gasteiger partial charge in [-0.05, 0) is 25.1 Å². The third kappa shape index (κ3) is 3.00. The predicted molar refractivity (Wildman–Crippen MR) is 70.4 cm³/mol. The Morgan fingerprint density at radius 3 is 3.00 bits per heavy atom. The molecule has 1 amide bonds. The van der Waals surface area contributed by atoms with Crippen molar-refractivity contribution in [1.29, 1.82) is 0 Å². The summed E-state index contributed by atoms with van der Waals surface area (Å²) in [4.78, 5) is 12.0. The summed E-state index contributed by atoms with van der Waals surface area (Å²) in [5, 5.41) is 22.5. The van der Waals surface area contributed by atoms with E-state index >= 15 is 0 Å². The molecule has 1 saturated heterocycles. The normalized spacial score (nSPS) is 26.4. The number of hydrogen-bond acceptors (Lipinski definition) is 4. The molecule has 19 heavy (non-hydrogen) atoms. The molecule has 2 rings (SSSR count). The lowest BCUT2D eigenvalue weighted by atomic mass is 9.96. The summed E-state index contributed by atoms with van der Waals surface area (Å²) < 4.78 is 5.28. The van der Waals surface area contributed by atoms with E-state index in [1.54, 1.807) is 6.92 Å². The number of halogens is 1. The minimum absolute atomic E-state index is 0.0363. The molecule has 1 aromatic rings. The van der Waals surface area contributed by atoms with E-state index in [-0.39, 0.29) is 29.0 Å². The second-order valence-corrected chi connectivity index (χ2v) is 5.12.